The number of aromatic nitrogens is 2. The second-order valence-electron chi connectivity index (χ2n) is 5.41. The van der Waals surface area contributed by atoms with Crippen molar-refractivity contribution in [2.24, 2.45) is 0 Å². The Balaban J connectivity index is 1.62. The summed E-state index contributed by atoms with van der Waals surface area (Å²) in [5.41, 5.74) is 0.791. The van der Waals surface area contributed by atoms with Crippen molar-refractivity contribution in [2.75, 3.05) is 6.54 Å². The molecule has 130 valence electrons. The normalized spacial score (nSPS) is 11.6. The van der Waals surface area contributed by atoms with E-state index >= 15 is 0 Å². The van der Waals surface area contributed by atoms with Crippen LogP contribution in [0.2, 0.25) is 0 Å². The van der Waals surface area contributed by atoms with E-state index in [1.807, 2.05) is 6.07 Å². The van der Waals surface area contributed by atoms with Gasteiger partial charge in [0.05, 0.1) is 15.5 Å². The summed E-state index contributed by atoms with van der Waals surface area (Å²) in [6.45, 7) is 1.80. The number of carbonyl (C=O) groups is 1. The largest absolute Gasteiger partial charge is 0.294 e. The van der Waals surface area contributed by atoms with E-state index in [1.165, 1.54) is 18.3 Å². The van der Waals surface area contributed by atoms with Crippen LogP contribution in [0.15, 0.2) is 59.8 Å². The second kappa shape index (κ2) is 7.30. The zero-order chi connectivity index (χ0) is 17.9. The first-order valence-electron chi connectivity index (χ1n) is 7.65. The van der Waals surface area contributed by atoms with Crippen molar-refractivity contribution in [3.63, 3.8) is 0 Å². The van der Waals surface area contributed by atoms with E-state index in [4.69, 9.17) is 0 Å². The van der Waals surface area contributed by atoms with E-state index in [0.717, 1.165) is 10.6 Å². The number of sulfonamides is 1. The number of benzene rings is 1. The summed E-state index contributed by atoms with van der Waals surface area (Å²) in [4.78, 5) is 13.2. The van der Waals surface area contributed by atoms with Gasteiger partial charge in [-0.3, -0.25) is 4.79 Å². The third-order valence-electron chi connectivity index (χ3n) is 3.59. The van der Waals surface area contributed by atoms with Gasteiger partial charge in [0.2, 0.25) is 10.0 Å². The summed E-state index contributed by atoms with van der Waals surface area (Å²) < 4.78 is 28.9. The minimum atomic E-state index is -3.57. The number of thiophene rings is 1. The molecule has 1 aromatic carbocycles. The van der Waals surface area contributed by atoms with Gasteiger partial charge in [-0.2, -0.15) is 5.10 Å². The van der Waals surface area contributed by atoms with Gasteiger partial charge in [-0.15, -0.1) is 11.3 Å². The Morgan fingerprint density at radius 1 is 1.20 bits per heavy atom. The summed E-state index contributed by atoms with van der Waals surface area (Å²) in [5, 5.41) is 4.10. The minimum absolute atomic E-state index is 0.0223. The zero-order valence-electron chi connectivity index (χ0n) is 13.5. The highest BCUT2D eigenvalue weighted by molar-refractivity contribution is 7.89. The molecule has 0 aliphatic rings. The Labute approximate surface area is 150 Å². The lowest BCUT2D eigenvalue weighted by Gasteiger charge is -2.07. The van der Waals surface area contributed by atoms with Gasteiger partial charge in [-0.05, 0) is 55.8 Å². The maximum absolute atomic E-state index is 12.3. The maximum atomic E-state index is 12.3. The fraction of sp³-hybridized carbons (Fsp3) is 0.176. The van der Waals surface area contributed by atoms with Gasteiger partial charge in [0.25, 0.3) is 0 Å². The van der Waals surface area contributed by atoms with Crippen LogP contribution in [0.25, 0.3) is 5.69 Å². The molecule has 2 aromatic heterocycles. The van der Waals surface area contributed by atoms with E-state index in [-0.39, 0.29) is 17.2 Å². The van der Waals surface area contributed by atoms with E-state index in [0.29, 0.717) is 11.3 Å². The van der Waals surface area contributed by atoms with Gasteiger partial charge in [0, 0.05) is 23.8 Å². The van der Waals surface area contributed by atoms with E-state index in [1.54, 1.807) is 53.5 Å². The Kier molecular flexibility index (Phi) is 5.12. The predicted octanol–water partition coefficient (Wildman–Crippen LogP) is 2.66. The molecule has 0 radical (unpaired) electrons. The van der Waals surface area contributed by atoms with Crippen LogP contribution in [0, 0.1) is 0 Å². The van der Waals surface area contributed by atoms with Crippen molar-refractivity contribution in [1.29, 1.82) is 0 Å². The molecular formula is C17H17N3O3S2. The fourth-order valence-corrected chi connectivity index (χ4v) is 4.23. The molecule has 1 N–H and O–H groups in total. The predicted molar refractivity (Wildman–Crippen MR) is 96.8 cm³/mol. The molecule has 0 unspecified atom stereocenters. The number of hydrogen-bond donors (Lipinski definition) is 1. The molecule has 0 saturated heterocycles. The fourth-order valence-electron chi connectivity index (χ4n) is 2.29. The number of hydrogen-bond acceptors (Lipinski definition) is 5. The van der Waals surface area contributed by atoms with E-state index in [2.05, 4.69) is 9.82 Å². The summed E-state index contributed by atoms with van der Waals surface area (Å²) >= 11 is 1.39. The molecule has 6 nitrogen and oxygen atoms in total. The molecule has 0 bridgehead atoms. The molecule has 3 aromatic rings. The number of rotatable bonds is 7. The van der Waals surface area contributed by atoms with E-state index < -0.39 is 10.0 Å². The smallest absolute Gasteiger partial charge is 0.240 e. The van der Waals surface area contributed by atoms with Crippen LogP contribution < -0.4 is 4.72 Å². The quantitative estimate of drug-likeness (QED) is 0.644. The highest BCUT2D eigenvalue weighted by Crippen LogP contribution is 2.18. The number of nitrogens with one attached hydrogen (secondary N) is 1. The second-order valence-corrected chi connectivity index (χ2v) is 8.35. The molecule has 0 spiro atoms. The molecular weight excluding hydrogens is 358 g/mol. The number of nitrogens with zero attached hydrogens (tertiary/aromatic N) is 2. The Bertz CT molecular complexity index is 959. The molecule has 0 aliphatic carbocycles. The van der Waals surface area contributed by atoms with Crippen molar-refractivity contribution in [3.05, 3.63) is 64.6 Å². The third-order valence-corrected chi connectivity index (χ3v) is 6.31. The van der Waals surface area contributed by atoms with Gasteiger partial charge >= 0.3 is 0 Å². The first kappa shape index (κ1) is 17.5. The van der Waals surface area contributed by atoms with Crippen molar-refractivity contribution in [3.8, 4) is 5.69 Å². The Hall–Kier alpha value is -2.29. The van der Waals surface area contributed by atoms with Crippen molar-refractivity contribution < 1.29 is 13.2 Å². The summed E-state index contributed by atoms with van der Waals surface area (Å²) in [5.74, 6) is 0.0223. The summed E-state index contributed by atoms with van der Waals surface area (Å²) in [6, 6.07) is 11.9. The third kappa shape index (κ3) is 4.22. The standard InChI is InChI=1S/C17H17N3O3S2/c1-13(21)17-8-5-15(24-17)9-11-19-25(22,23)16-6-3-14(4-7-16)20-12-2-10-18-20/h2-8,10,12,19H,9,11H2,1H3. The molecule has 0 fully saturated rings. The molecule has 0 saturated carbocycles. The first-order chi connectivity index (χ1) is 12.0. The topological polar surface area (TPSA) is 81.1 Å². The van der Waals surface area contributed by atoms with Gasteiger partial charge in [0.1, 0.15) is 0 Å². The SMILES string of the molecule is CC(=O)c1ccc(CCNS(=O)(=O)c2ccc(-n3cccn3)cc2)s1. The van der Waals surface area contributed by atoms with Crippen LogP contribution in [-0.2, 0) is 16.4 Å². The highest BCUT2D eigenvalue weighted by Gasteiger charge is 2.14. The first-order valence-corrected chi connectivity index (χ1v) is 9.95. The number of ketones is 1. The van der Waals surface area contributed by atoms with Crippen LogP contribution in [0.1, 0.15) is 21.5 Å². The molecule has 2 heterocycles. The summed E-state index contributed by atoms with van der Waals surface area (Å²) in [7, 11) is -3.57. The zero-order valence-corrected chi connectivity index (χ0v) is 15.2. The van der Waals surface area contributed by atoms with Crippen molar-refractivity contribution in [2.45, 2.75) is 18.2 Å². The lowest BCUT2D eigenvalue weighted by Crippen LogP contribution is -2.25. The molecule has 0 aliphatic heterocycles. The van der Waals surface area contributed by atoms with Crippen molar-refractivity contribution in [1.82, 2.24) is 14.5 Å². The maximum Gasteiger partial charge on any atom is 0.240 e. The molecule has 0 atom stereocenters. The van der Waals surface area contributed by atoms with E-state index in [9.17, 15) is 13.2 Å². The van der Waals surface area contributed by atoms with Crippen molar-refractivity contribution >= 4 is 27.1 Å². The lowest BCUT2D eigenvalue weighted by atomic mass is 10.3. The van der Waals surface area contributed by atoms with Crippen LogP contribution in [0.4, 0.5) is 0 Å². The monoisotopic (exact) mass is 375 g/mol. The molecule has 8 heteroatoms. The number of carbonyl (C=O) groups excluding carboxylic acids is 1. The lowest BCUT2D eigenvalue weighted by molar-refractivity contribution is 0.102. The number of Topliss-reactive ketones (excluding diaryl/α,β-unsaturated/α-hetero) is 1. The van der Waals surface area contributed by atoms with Crippen LogP contribution >= 0.6 is 11.3 Å². The average molecular weight is 375 g/mol. The minimum Gasteiger partial charge on any atom is -0.294 e. The summed E-state index contributed by atoms with van der Waals surface area (Å²) in [6.07, 6.45) is 3.99. The molecule has 3 rings (SSSR count). The highest BCUT2D eigenvalue weighted by atomic mass is 32.2. The van der Waals surface area contributed by atoms with Gasteiger partial charge in [-0.1, -0.05) is 0 Å². The van der Waals surface area contributed by atoms with Crippen LogP contribution in [0.3, 0.4) is 0 Å². The molecule has 0 amide bonds. The Morgan fingerprint density at radius 2 is 1.96 bits per heavy atom. The van der Waals surface area contributed by atoms with Gasteiger partial charge in [0.15, 0.2) is 5.78 Å². The van der Waals surface area contributed by atoms with Gasteiger partial charge < -0.3 is 0 Å². The van der Waals surface area contributed by atoms with Gasteiger partial charge in [-0.25, -0.2) is 17.8 Å². The average Bonchev–Trinajstić information content (AvgIpc) is 3.27. The molecule has 25 heavy (non-hydrogen) atoms. The Morgan fingerprint density at radius 3 is 2.56 bits per heavy atom. The van der Waals surface area contributed by atoms with Crippen LogP contribution in [-0.4, -0.2) is 30.5 Å². The van der Waals surface area contributed by atoms with Crippen LogP contribution in [0.5, 0.6) is 0 Å².